The van der Waals surface area contributed by atoms with E-state index >= 15 is 0 Å². The molecule has 0 aliphatic carbocycles. The smallest absolute Gasteiger partial charge is 0.344 e. The van der Waals surface area contributed by atoms with Gasteiger partial charge in [0.05, 0.1) is 32.8 Å². The van der Waals surface area contributed by atoms with Gasteiger partial charge >= 0.3 is 11.9 Å². The van der Waals surface area contributed by atoms with Crippen LogP contribution in [0.1, 0.15) is 34.6 Å². The van der Waals surface area contributed by atoms with Gasteiger partial charge in [-0.3, -0.25) is 0 Å². The molecular weight excluding hydrogens is 387 g/mol. The van der Waals surface area contributed by atoms with Crippen molar-refractivity contribution in [2.24, 2.45) is 5.92 Å². The van der Waals surface area contributed by atoms with Gasteiger partial charge in [0.15, 0.2) is 5.75 Å². The van der Waals surface area contributed by atoms with E-state index in [1.54, 1.807) is 12.1 Å². The maximum Gasteiger partial charge on any atom is 0.344 e. The molecule has 0 saturated carbocycles. The lowest BCUT2D eigenvalue weighted by Gasteiger charge is -2.11. The summed E-state index contributed by atoms with van der Waals surface area (Å²) >= 11 is 17.8. The van der Waals surface area contributed by atoms with Crippen LogP contribution in [0.4, 0.5) is 0 Å². The Labute approximate surface area is 160 Å². The highest BCUT2D eigenvalue weighted by molar-refractivity contribution is 6.43. The SMILES string of the molecule is CC(C)COC(=O)c1ccccc1C(=O)Oc1cc(Cl)c(Cl)cc1Cl. The molecule has 132 valence electrons. The highest BCUT2D eigenvalue weighted by Crippen LogP contribution is 2.34. The summed E-state index contributed by atoms with van der Waals surface area (Å²) in [5.41, 5.74) is 0.183. The molecule has 0 bridgehead atoms. The van der Waals surface area contributed by atoms with Crippen molar-refractivity contribution in [1.82, 2.24) is 0 Å². The normalized spacial score (nSPS) is 10.6. The fourth-order valence-electron chi connectivity index (χ4n) is 1.90. The van der Waals surface area contributed by atoms with Crippen molar-refractivity contribution < 1.29 is 19.1 Å². The number of ether oxygens (including phenoxy) is 2. The molecule has 2 rings (SSSR count). The van der Waals surface area contributed by atoms with Crippen molar-refractivity contribution in [3.05, 3.63) is 62.6 Å². The van der Waals surface area contributed by atoms with Crippen molar-refractivity contribution in [3.63, 3.8) is 0 Å². The predicted molar refractivity (Wildman–Crippen MR) is 98.0 cm³/mol. The molecule has 0 aliphatic heterocycles. The summed E-state index contributed by atoms with van der Waals surface area (Å²) in [7, 11) is 0. The standard InChI is InChI=1S/C18H15Cl3O4/c1-10(2)9-24-17(22)11-5-3-4-6-12(11)18(23)25-16-8-14(20)13(19)7-15(16)21/h3-8,10H,9H2,1-2H3. The Morgan fingerprint density at radius 3 is 2.08 bits per heavy atom. The zero-order valence-corrected chi connectivity index (χ0v) is 15.8. The van der Waals surface area contributed by atoms with Crippen LogP contribution in [0, 0.1) is 5.92 Å². The van der Waals surface area contributed by atoms with Gasteiger partial charge in [0.2, 0.25) is 0 Å². The summed E-state index contributed by atoms with van der Waals surface area (Å²) in [6.45, 7) is 4.08. The number of rotatable bonds is 5. The Hall–Kier alpha value is -1.75. The largest absolute Gasteiger partial charge is 0.462 e. The third kappa shape index (κ3) is 5.11. The first kappa shape index (κ1) is 19.6. The van der Waals surface area contributed by atoms with E-state index in [0.717, 1.165) is 0 Å². The Balaban J connectivity index is 2.25. The molecule has 0 N–H and O–H groups in total. The van der Waals surface area contributed by atoms with E-state index in [1.807, 2.05) is 13.8 Å². The lowest BCUT2D eigenvalue weighted by atomic mass is 10.1. The lowest BCUT2D eigenvalue weighted by Crippen LogP contribution is -2.17. The Kier molecular flexibility index (Phi) is 6.71. The maximum absolute atomic E-state index is 12.5. The first-order chi connectivity index (χ1) is 11.8. The van der Waals surface area contributed by atoms with Gasteiger partial charge in [-0.2, -0.15) is 0 Å². The van der Waals surface area contributed by atoms with Crippen LogP contribution in [0.2, 0.25) is 15.1 Å². The molecule has 2 aromatic rings. The van der Waals surface area contributed by atoms with Gasteiger partial charge in [0, 0.05) is 6.07 Å². The monoisotopic (exact) mass is 400 g/mol. The molecular formula is C18H15Cl3O4. The second-order valence-corrected chi connectivity index (χ2v) is 6.85. The number of halogens is 3. The van der Waals surface area contributed by atoms with Crippen LogP contribution < -0.4 is 4.74 Å². The van der Waals surface area contributed by atoms with Gasteiger partial charge in [-0.25, -0.2) is 9.59 Å². The number of hydrogen-bond acceptors (Lipinski definition) is 4. The number of hydrogen-bond donors (Lipinski definition) is 0. The molecule has 0 amide bonds. The number of benzene rings is 2. The van der Waals surface area contributed by atoms with Gasteiger partial charge in [-0.1, -0.05) is 60.8 Å². The number of carbonyl (C=O) groups is 2. The fourth-order valence-corrected chi connectivity index (χ4v) is 2.47. The molecule has 7 heteroatoms. The molecule has 0 fully saturated rings. The summed E-state index contributed by atoms with van der Waals surface area (Å²) < 4.78 is 10.4. The molecule has 2 aromatic carbocycles. The Morgan fingerprint density at radius 1 is 0.920 bits per heavy atom. The lowest BCUT2D eigenvalue weighted by molar-refractivity contribution is 0.0452. The van der Waals surface area contributed by atoms with Crippen LogP contribution in [0.5, 0.6) is 5.75 Å². The van der Waals surface area contributed by atoms with Crippen molar-refractivity contribution >= 4 is 46.7 Å². The maximum atomic E-state index is 12.5. The van der Waals surface area contributed by atoms with Crippen molar-refractivity contribution in [3.8, 4) is 5.75 Å². The van der Waals surface area contributed by atoms with E-state index in [2.05, 4.69) is 0 Å². The second kappa shape index (κ2) is 8.56. The van der Waals surface area contributed by atoms with E-state index in [4.69, 9.17) is 44.3 Å². The summed E-state index contributed by atoms with van der Waals surface area (Å²) in [5, 5.41) is 0.560. The summed E-state index contributed by atoms with van der Waals surface area (Å²) in [4.78, 5) is 24.7. The average Bonchev–Trinajstić information content (AvgIpc) is 2.57. The minimum absolute atomic E-state index is 0.0476. The van der Waals surface area contributed by atoms with Gasteiger partial charge < -0.3 is 9.47 Å². The Bertz CT molecular complexity index is 803. The van der Waals surface area contributed by atoms with Crippen LogP contribution >= 0.6 is 34.8 Å². The first-order valence-corrected chi connectivity index (χ1v) is 8.56. The van der Waals surface area contributed by atoms with E-state index in [-0.39, 0.29) is 44.5 Å². The summed E-state index contributed by atoms with van der Waals surface area (Å²) in [6.07, 6.45) is 0. The number of carbonyl (C=O) groups excluding carboxylic acids is 2. The highest BCUT2D eigenvalue weighted by Gasteiger charge is 2.21. The van der Waals surface area contributed by atoms with Crippen molar-refractivity contribution in [1.29, 1.82) is 0 Å². The molecule has 0 unspecified atom stereocenters. The van der Waals surface area contributed by atoms with Gasteiger partial charge in [0.1, 0.15) is 0 Å². The van der Waals surface area contributed by atoms with Crippen LogP contribution in [-0.4, -0.2) is 18.5 Å². The van der Waals surface area contributed by atoms with Gasteiger partial charge in [0.25, 0.3) is 0 Å². The van der Waals surface area contributed by atoms with Crippen LogP contribution in [0.3, 0.4) is 0 Å². The highest BCUT2D eigenvalue weighted by atomic mass is 35.5. The summed E-state index contributed by atoms with van der Waals surface area (Å²) in [6, 6.07) is 8.93. The molecule has 4 nitrogen and oxygen atoms in total. The molecule has 0 spiro atoms. The minimum atomic E-state index is -0.752. The molecule has 0 aliphatic rings. The van der Waals surface area contributed by atoms with E-state index in [9.17, 15) is 9.59 Å². The van der Waals surface area contributed by atoms with Gasteiger partial charge in [-0.15, -0.1) is 0 Å². The van der Waals surface area contributed by atoms with Crippen molar-refractivity contribution in [2.75, 3.05) is 6.61 Å². The Morgan fingerprint density at radius 2 is 1.48 bits per heavy atom. The quantitative estimate of drug-likeness (QED) is 0.367. The van der Waals surface area contributed by atoms with E-state index in [1.165, 1.54) is 24.3 Å². The zero-order valence-electron chi connectivity index (χ0n) is 13.5. The predicted octanol–water partition coefficient (Wildman–Crippen LogP) is 5.68. The van der Waals surface area contributed by atoms with E-state index in [0.29, 0.717) is 0 Å². The van der Waals surface area contributed by atoms with Crippen LogP contribution in [0.15, 0.2) is 36.4 Å². The van der Waals surface area contributed by atoms with E-state index < -0.39 is 11.9 Å². The summed E-state index contributed by atoms with van der Waals surface area (Å²) in [5.74, 6) is -1.12. The molecule has 0 radical (unpaired) electrons. The second-order valence-electron chi connectivity index (χ2n) is 5.62. The average molecular weight is 402 g/mol. The van der Waals surface area contributed by atoms with Crippen molar-refractivity contribution in [2.45, 2.75) is 13.8 Å². The third-order valence-electron chi connectivity index (χ3n) is 3.09. The van der Waals surface area contributed by atoms with Gasteiger partial charge in [-0.05, 0) is 24.1 Å². The van der Waals surface area contributed by atoms with Crippen LogP contribution in [0.25, 0.3) is 0 Å². The molecule has 25 heavy (non-hydrogen) atoms. The topological polar surface area (TPSA) is 52.6 Å². The molecule has 0 saturated heterocycles. The minimum Gasteiger partial charge on any atom is -0.462 e. The first-order valence-electron chi connectivity index (χ1n) is 7.42. The number of esters is 2. The molecule has 0 aromatic heterocycles. The molecule has 0 atom stereocenters. The van der Waals surface area contributed by atoms with Crippen LogP contribution in [-0.2, 0) is 4.74 Å². The zero-order chi connectivity index (χ0) is 18.6. The fraction of sp³-hybridized carbons (Fsp3) is 0.222. The third-order valence-corrected chi connectivity index (χ3v) is 4.11. The molecule has 0 heterocycles.